The molecule has 0 unspecified atom stereocenters. The first-order chi connectivity index (χ1) is 9.45. The number of rotatable bonds is 3. The van der Waals surface area contributed by atoms with Crippen LogP contribution in [-0.2, 0) is 12.7 Å². The van der Waals surface area contributed by atoms with Gasteiger partial charge in [0, 0.05) is 17.5 Å². The molecule has 0 aliphatic heterocycles. The zero-order valence-corrected chi connectivity index (χ0v) is 10.2. The Bertz CT molecular complexity index is 686. The first kappa shape index (κ1) is 12.9. The van der Waals surface area contributed by atoms with Crippen LogP contribution in [-0.4, -0.2) is 14.9 Å². The van der Waals surface area contributed by atoms with Gasteiger partial charge >= 0.3 is 6.18 Å². The van der Waals surface area contributed by atoms with E-state index in [1.807, 2.05) is 0 Å². The molecule has 0 aromatic carbocycles. The second-order valence-electron chi connectivity index (χ2n) is 4.70. The standard InChI is InChI=1S/C12H10F3N3O2/c13-12(14,15)9-3-4-10(19)18(17-9)6-8-5-16-20-11(8)7-1-2-7/h3-5,7H,1-2,6H2. The van der Waals surface area contributed by atoms with Crippen molar-refractivity contribution in [2.45, 2.75) is 31.5 Å². The topological polar surface area (TPSA) is 60.9 Å². The van der Waals surface area contributed by atoms with Crippen molar-refractivity contribution in [3.05, 3.63) is 45.7 Å². The van der Waals surface area contributed by atoms with Crippen molar-refractivity contribution in [1.29, 1.82) is 0 Å². The summed E-state index contributed by atoms with van der Waals surface area (Å²) in [6, 6.07) is 1.54. The van der Waals surface area contributed by atoms with Crippen molar-refractivity contribution in [1.82, 2.24) is 14.9 Å². The first-order valence-electron chi connectivity index (χ1n) is 6.04. The fourth-order valence-corrected chi connectivity index (χ4v) is 1.94. The van der Waals surface area contributed by atoms with Gasteiger partial charge in [0.15, 0.2) is 5.69 Å². The molecule has 0 bridgehead atoms. The molecule has 1 fully saturated rings. The molecular formula is C12H10F3N3O2. The molecule has 2 aromatic heterocycles. The Morgan fingerprint density at radius 3 is 2.75 bits per heavy atom. The molecule has 5 nitrogen and oxygen atoms in total. The van der Waals surface area contributed by atoms with E-state index in [0.29, 0.717) is 17.4 Å². The highest BCUT2D eigenvalue weighted by Crippen LogP contribution is 2.41. The maximum atomic E-state index is 12.6. The molecule has 1 saturated carbocycles. The Morgan fingerprint density at radius 2 is 2.10 bits per heavy atom. The van der Waals surface area contributed by atoms with Gasteiger partial charge in [-0.15, -0.1) is 0 Å². The molecule has 3 rings (SSSR count). The maximum absolute atomic E-state index is 12.6. The normalized spacial score (nSPS) is 15.6. The number of nitrogens with zero attached hydrogens (tertiary/aromatic N) is 3. The molecule has 0 amide bonds. The van der Waals surface area contributed by atoms with E-state index in [4.69, 9.17) is 4.52 Å². The van der Waals surface area contributed by atoms with Gasteiger partial charge in [-0.1, -0.05) is 5.16 Å². The zero-order valence-electron chi connectivity index (χ0n) is 10.2. The molecule has 1 aliphatic carbocycles. The monoisotopic (exact) mass is 285 g/mol. The van der Waals surface area contributed by atoms with Crippen molar-refractivity contribution < 1.29 is 17.7 Å². The minimum absolute atomic E-state index is 0.0713. The SMILES string of the molecule is O=c1ccc(C(F)(F)F)nn1Cc1cnoc1C1CC1. The van der Waals surface area contributed by atoms with Gasteiger partial charge in [-0.05, 0) is 18.9 Å². The van der Waals surface area contributed by atoms with Crippen molar-refractivity contribution in [2.75, 3.05) is 0 Å². The molecular weight excluding hydrogens is 275 g/mol. The Labute approximate surface area is 111 Å². The smallest absolute Gasteiger partial charge is 0.361 e. The summed E-state index contributed by atoms with van der Waals surface area (Å²) in [7, 11) is 0. The lowest BCUT2D eigenvalue weighted by molar-refractivity contribution is -0.142. The number of aromatic nitrogens is 3. The van der Waals surface area contributed by atoms with Gasteiger partial charge in [-0.3, -0.25) is 4.79 Å². The highest BCUT2D eigenvalue weighted by atomic mass is 19.4. The number of halogens is 3. The third-order valence-electron chi connectivity index (χ3n) is 3.10. The summed E-state index contributed by atoms with van der Waals surface area (Å²) in [6.07, 6.45) is -1.23. The molecule has 0 N–H and O–H groups in total. The molecule has 0 saturated heterocycles. The predicted octanol–water partition coefficient (Wildman–Crippen LogP) is 2.18. The van der Waals surface area contributed by atoms with Crippen LogP contribution in [0.5, 0.6) is 0 Å². The zero-order chi connectivity index (χ0) is 14.3. The van der Waals surface area contributed by atoms with Crippen molar-refractivity contribution in [3.8, 4) is 0 Å². The van der Waals surface area contributed by atoms with Gasteiger partial charge in [0.05, 0.1) is 12.7 Å². The molecule has 0 radical (unpaired) electrons. The van der Waals surface area contributed by atoms with E-state index < -0.39 is 17.4 Å². The average Bonchev–Trinajstić information content (AvgIpc) is 3.11. The third kappa shape index (κ3) is 2.45. The van der Waals surface area contributed by atoms with Crippen LogP contribution in [0.1, 0.15) is 35.8 Å². The minimum atomic E-state index is -4.58. The minimum Gasteiger partial charge on any atom is -0.361 e. The predicted molar refractivity (Wildman–Crippen MR) is 61.1 cm³/mol. The van der Waals surface area contributed by atoms with Crippen molar-refractivity contribution in [2.24, 2.45) is 0 Å². The van der Waals surface area contributed by atoms with Crippen LogP contribution in [0.3, 0.4) is 0 Å². The molecule has 8 heteroatoms. The molecule has 106 valence electrons. The largest absolute Gasteiger partial charge is 0.435 e. The molecule has 1 aliphatic rings. The van der Waals surface area contributed by atoms with Crippen LogP contribution in [0, 0.1) is 0 Å². The van der Waals surface area contributed by atoms with Crippen LogP contribution < -0.4 is 5.56 Å². The highest BCUT2D eigenvalue weighted by Gasteiger charge is 2.34. The van der Waals surface area contributed by atoms with Crippen LogP contribution in [0.15, 0.2) is 27.6 Å². The lowest BCUT2D eigenvalue weighted by atomic mass is 10.2. The highest BCUT2D eigenvalue weighted by molar-refractivity contribution is 5.22. The Balaban J connectivity index is 1.93. The third-order valence-corrected chi connectivity index (χ3v) is 3.10. The first-order valence-corrected chi connectivity index (χ1v) is 6.04. The summed E-state index contributed by atoms with van der Waals surface area (Å²) in [5.41, 5.74) is -1.09. The fraction of sp³-hybridized carbons (Fsp3) is 0.417. The summed E-state index contributed by atoms with van der Waals surface area (Å²) in [4.78, 5) is 11.6. The van der Waals surface area contributed by atoms with Crippen LogP contribution >= 0.6 is 0 Å². The fourth-order valence-electron chi connectivity index (χ4n) is 1.94. The number of hydrogen-bond acceptors (Lipinski definition) is 4. The molecule has 20 heavy (non-hydrogen) atoms. The van der Waals surface area contributed by atoms with E-state index in [-0.39, 0.29) is 12.5 Å². The Morgan fingerprint density at radius 1 is 1.35 bits per heavy atom. The van der Waals surface area contributed by atoms with E-state index in [1.54, 1.807) is 0 Å². The molecule has 0 spiro atoms. The average molecular weight is 285 g/mol. The molecule has 2 aromatic rings. The summed E-state index contributed by atoms with van der Waals surface area (Å²) in [5.74, 6) is 0.894. The van der Waals surface area contributed by atoms with E-state index in [9.17, 15) is 18.0 Å². The van der Waals surface area contributed by atoms with E-state index in [0.717, 1.165) is 23.6 Å². The lowest BCUT2D eigenvalue weighted by Crippen LogP contribution is -2.26. The molecule has 0 atom stereocenters. The second-order valence-corrected chi connectivity index (χ2v) is 4.70. The van der Waals surface area contributed by atoms with E-state index >= 15 is 0 Å². The summed E-state index contributed by atoms with van der Waals surface area (Å²) < 4.78 is 43.6. The van der Waals surface area contributed by atoms with Crippen molar-refractivity contribution >= 4 is 0 Å². The lowest BCUT2D eigenvalue weighted by Gasteiger charge is -2.08. The van der Waals surface area contributed by atoms with Gasteiger partial charge in [0.25, 0.3) is 5.56 Å². The molecule has 2 heterocycles. The number of hydrogen-bond donors (Lipinski definition) is 0. The summed E-state index contributed by atoms with van der Waals surface area (Å²) in [5, 5.41) is 6.99. The van der Waals surface area contributed by atoms with Crippen LogP contribution in [0.2, 0.25) is 0 Å². The van der Waals surface area contributed by atoms with E-state index in [2.05, 4.69) is 10.3 Å². The maximum Gasteiger partial charge on any atom is 0.435 e. The van der Waals surface area contributed by atoms with Crippen molar-refractivity contribution in [3.63, 3.8) is 0 Å². The van der Waals surface area contributed by atoms with E-state index in [1.165, 1.54) is 6.20 Å². The van der Waals surface area contributed by atoms with Crippen LogP contribution in [0.4, 0.5) is 13.2 Å². The summed E-state index contributed by atoms with van der Waals surface area (Å²) in [6.45, 7) is -0.0713. The van der Waals surface area contributed by atoms with Gasteiger partial charge in [0.1, 0.15) is 5.76 Å². The van der Waals surface area contributed by atoms with Gasteiger partial charge in [-0.2, -0.15) is 18.3 Å². The van der Waals surface area contributed by atoms with Gasteiger partial charge < -0.3 is 4.52 Å². The van der Waals surface area contributed by atoms with Gasteiger partial charge in [0.2, 0.25) is 0 Å². The number of alkyl halides is 3. The van der Waals surface area contributed by atoms with Gasteiger partial charge in [-0.25, -0.2) is 4.68 Å². The van der Waals surface area contributed by atoms with Crippen LogP contribution in [0.25, 0.3) is 0 Å². The Kier molecular flexibility index (Phi) is 2.88. The quantitative estimate of drug-likeness (QED) is 0.867. The second kappa shape index (κ2) is 4.46. The Hall–Kier alpha value is -2.12. The summed E-state index contributed by atoms with van der Waals surface area (Å²) >= 11 is 0.